The zero-order valence-corrected chi connectivity index (χ0v) is 20.8. The molecule has 37 heavy (non-hydrogen) atoms. The lowest BCUT2D eigenvalue weighted by Gasteiger charge is -2.50. The molecule has 3 aromatic rings. The van der Waals surface area contributed by atoms with Gasteiger partial charge in [0.25, 0.3) is 0 Å². The Morgan fingerprint density at radius 1 is 0.973 bits per heavy atom. The lowest BCUT2D eigenvalue weighted by atomic mass is 9.49. The molecule has 5 nitrogen and oxygen atoms in total. The van der Waals surface area contributed by atoms with Crippen LogP contribution in [0.25, 0.3) is 5.57 Å². The number of carbonyl (C=O) groups is 2. The van der Waals surface area contributed by atoms with Gasteiger partial charge in [0.05, 0.1) is 19.6 Å². The first-order valence-corrected chi connectivity index (χ1v) is 12.2. The highest BCUT2D eigenvalue weighted by molar-refractivity contribution is 6.31. The molecule has 0 aliphatic heterocycles. The highest BCUT2D eigenvalue weighted by Crippen LogP contribution is 2.60. The number of Topliss-reactive ketones (excluding diaryl/α,β-unsaturated/α-hetero) is 1. The van der Waals surface area contributed by atoms with Crippen molar-refractivity contribution in [2.24, 2.45) is 5.92 Å². The number of ketones is 2. The zero-order valence-electron chi connectivity index (χ0n) is 20.8. The van der Waals surface area contributed by atoms with E-state index in [4.69, 9.17) is 9.47 Å². The fraction of sp³-hybridized carbons (Fsp3) is 0.188. The van der Waals surface area contributed by atoms with Gasteiger partial charge in [-0.25, -0.2) is 0 Å². The van der Waals surface area contributed by atoms with E-state index in [1.54, 1.807) is 12.1 Å². The topological polar surface area (TPSA) is 72.8 Å². The van der Waals surface area contributed by atoms with E-state index in [9.17, 15) is 14.7 Å². The monoisotopic (exact) mass is 492 g/mol. The molecule has 0 spiro atoms. The zero-order chi connectivity index (χ0) is 26.2. The Bertz CT molecular complexity index is 1430. The molecule has 186 valence electrons. The number of aromatic hydroxyl groups is 1. The summed E-state index contributed by atoms with van der Waals surface area (Å²) >= 11 is 0. The van der Waals surface area contributed by atoms with Crippen LogP contribution >= 0.6 is 0 Å². The lowest BCUT2D eigenvalue weighted by molar-refractivity contribution is -0.131. The maximum Gasteiger partial charge on any atom is 0.168 e. The highest BCUT2D eigenvalue weighted by atomic mass is 16.5. The van der Waals surface area contributed by atoms with E-state index in [0.717, 1.165) is 5.57 Å². The van der Waals surface area contributed by atoms with Crippen LogP contribution in [-0.4, -0.2) is 30.9 Å². The number of fused-ring (bicyclic) bond motifs is 1. The normalized spacial score (nSPS) is 23.0. The van der Waals surface area contributed by atoms with Crippen molar-refractivity contribution in [3.63, 3.8) is 0 Å². The first kappa shape index (κ1) is 24.3. The van der Waals surface area contributed by atoms with Gasteiger partial charge in [-0.05, 0) is 29.2 Å². The molecular formula is C32H28O5. The Morgan fingerprint density at radius 2 is 1.65 bits per heavy atom. The minimum absolute atomic E-state index is 0.0806. The van der Waals surface area contributed by atoms with E-state index >= 15 is 0 Å². The van der Waals surface area contributed by atoms with E-state index in [-0.39, 0.29) is 17.3 Å². The van der Waals surface area contributed by atoms with Gasteiger partial charge in [0, 0.05) is 35.1 Å². The maximum atomic E-state index is 14.5. The smallest absolute Gasteiger partial charge is 0.168 e. The molecule has 2 aliphatic rings. The number of methoxy groups -OCH3 is 2. The second-order valence-electron chi connectivity index (χ2n) is 9.28. The summed E-state index contributed by atoms with van der Waals surface area (Å²) < 4.78 is 11.1. The summed E-state index contributed by atoms with van der Waals surface area (Å²) in [7, 11) is 3.01. The van der Waals surface area contributed by atoms with E-state index in [1.165, 1.54) is 26.4 Å². The van der Waals surface area contributed by atoms with Crippen molar-refractivity contribution in [2.45, 2.75) is 17.8 Å². The molecule has 0 amide bonds. The third-order valence-corrected chi connectivity index (χ3v) is 7.60. The molecule has 1 N–H and O–H groups in total. The van der Waals surface area contributed by atoms with Crippen LogP contribution in [0.4, 0.5) is 0 Å². The number of benzene rings is 3. The van der Waals surface area contributed by atoms with Gasteiger partial charge in [-0.1, -0.05) is 79.4 Å². The summed E-state index contributed by atoms with van der Waals surface area (Å²) in [5, 5.41) is 11.3. The molecular weight excluding hydrogens is 464 g/mol. The quantitative estimate of drug-likeness (QED) is 0.471. The van der Waals surface area contributed by atoms with Crippen LogP contribution in [0, 0.1) is 5.92 Å². The predicted octanol–water partition coefficient (Wildman–Crippen LogP) is 5.80. The van der Waals surface area contributed by atoms with Crippen molar-refractivity contribution in [3.8, 4) is 17.2 Å². The second kappa shape index (κ2) is 9.58. The number of ether oxygens (including phenoxy) is 2. The van der Waals surface area contributed by atoms with Gasteiger partial charge >= 0.3 is 0 Å². The Labute approximate surface area is 216 Å². The first-order chi connectivity index (χ1) is 18.0. The summed E-state index contributed by atoms with van der Waals surface area (Å²) in [5.74, 6) is -1.02. The van der Waals surface area contributed by atoms with E-state index in [2.05, 4.69) is 6.58 Å². The van der Waals surface area contributed by atoms with Crippen molar-refractivity contribution >= 4 is 17.1 Å². The van der Waals surface area contributed by atoms with Crippen molar-refractivity contribution in [3.05, 3.63) is 120 Å². The van der Waals surface area contributed by atoms with Gasteiger partial charge in [0.15, 0.2) is 11.6 Å². The molecule has 5 rings (SSSR count). The number of phenols is 1. The largest absolute Gasteiger partial charge is 0.507 e. The van der Waals surface area contributed by atoms with Crippen LogP contribution < -0.4 is 9.47 Å². The first-order valence-electron chi connectivity index (χ1n) is 12.2. The van der Waals surface area contributed by atoms with Gasteiger partial charge in [0.2, 0.25) is 0 Å². The third kappa shape index (κ3) is 3.70. The number of rotatable bonds is 6. The fourth-order valence-electron chi connectivity index (χ4n) is 5.99. The molecule has 3 unspecified atom stereocenters. The molecule has 0 radical (unpaired) electrons. The summed E-state index contributed by atoms with van der Waals surface area (Å²) in [4.78, 5) is 28.7. The minimum Gasteiger partial charge on any atom is -0.507 e. The molecule has 3 atom stereocenters. The third-order valence-electron chi connectivity index (χ3n) is 7.60. The van der Waals surface area contributed by atoms with Gasteiger partial charge < -0.3 is 14.6 Å². The van der Waals surface area contributed by atoms with Crippen LogP contribution in [-0.2, 0) is 15.0 Å². The van der Waals surface area contributed by atoms with Crippen molar-refractivity contribution < 1.29 is 24.2 Å². The SMILES string of the molecule is C=CC1=CCC2C(=O)C(c3ccccc3)=CC(=O)C2(c2ccccc2)C1c1c(O)cc(OC)cc1OC. The number of hydrogen-bond donors (Lipinski definition) is 1. The molecule has 0 aromatic heterocycles. The van der Waals surface area contributed by atoms with Crippen LogP contribution in [0.1, 0.15) is 29.0 Å². The van der Waals surface area contributed by atoms with E-state index < -0.39 is 17.3 Å². The average molecular weight is 493 g/mol. The van der Waals surface area contributed by atoms with Crippen molar-refractivity contribution in [2.75, 3.05) is 14.2 Å². The fourth-order valence-corrected chi connectivity index (χ4v) is 5.99. The van der Waals surface area contributed by atoms with Crippen LogP contribution in [0.15, 0.2) is 103 Å². The summed E-state index contributed by atoms with van der Waals surface area (Å²) in [6.07, 6.45) is 5.49. The standard InChI is InChI=1S/C32H28O5/c1-4-20-15-16-25-31(35)24(21-11-7-5-8-12-21)19-28(34)32(25,22-13-9-6-10-14-22)30(20)29-26(33)17-23(36-2)18-27(29)37-3/h4-15,17-19,25,30,33H,1,16H2,2-3H3. The molecule has 2 aliphatic carbocycles. The van der Waals surface area contributed by atoms with Crippen LogP contribution in [0.3, 0.4) is 0 Å². The molecule has 0 saturated heterocycles. The predicted molar refractivity (Wildman–Crippen MR) is 143 cm³/mol. The number of hydrogen-bond acceptors (Lipinski definition) is 5. The second-order valence-corrected chi connectivity index (χ2v) is 9.28. The highest BCUT2D eigenvalue weighted by Gasteiger charge is 2.60. The number of phenolic OH excluding ortho intramolecular Hbond substituents is 1. The lowest BCUT2D eigenvalue weighted by Crippen LogP contribution is -2.54. The molecule has 3 aromatic carbocycles. The summed E-state index contributed by atoms with van der Waals surface area (Å²) in [5.41, 5.74) is 1.67. The van der Waals surface area contributed by atoms with Gasteiger partial charge in [0.1, 0.15) is 17.2 Å². The van der Waals surface area contributed by atoms with E-state index in [1.807, 2.05) is 66.7 Å². The van der Waals surface area contributed by atoms with Gasteiger partial charge in [-0.3, -0.25) is 9.59 Å². The molecule has 0 fully saturated rings. The van der Waals surface area contributed by atoms with Crippen molar-refractivity contribution in [1.82, 2.24) is 0 Å². The van der Waals surface area contributed by atoms with Crippen molar-refractivity contribution in [1.29, 1.82) is 0 Å². The molecule has 0 saturated carbocycles. The van der Waals surface area contributed by atoms with Crippen LogP contribution in [0.5, 0.6) is 17.2 Å². The number of allylic oxidation sites excluding steroid dienone is 5. The average Bonchev–Trinajstić information content (AvgIpc) is 2.94. The van der Waals surface area contributed by atoms with E-state index in [0.29, 0.717) is 40.2 Å². The molecule has 5 heteroatoms. The summed E-state index contributed by atoms with van der Waals surface area (Å²) in [6.45, 7) is 4.02. The van der Waals surface area contributed by atoms with Gasteiger partial charge in [-0.15, -0.1) is 0 Å². The maximum absolute atomic E-state index is 14.5. The van der Waals surface area contributed by atoms with Gasteiger partial charge in [-0.2, -0.15) is 0 Å². The Kier molecular flexibility index (Phi) is 6.30. The summed E-state index contributed by atoms with van der Waals surface area (Å²) in [6, 6.07) is 21.8. The number of carbonyl (C=O) groups excluding carboxylic acids is 2. The Hall–Kier alpha value is -4.38. The minimum atomic E-state index is -1.31. The Morgan fingerprint density at radius 3 is 2.27 bits per heavy atom. The molecule has 0 heterocycles. The van der Waals surface area contributed by atoms with Crippen LogP contribution in [0.2, 0.25) is 0 Å². The Balaban J connectivity index is 1.85. The molecule has 0 bridgehead atoms.